The maximum atomic E-state index is 12.3. The van der Waals surface area contributed by atoms with E-state index in [1.54, 1.807) is 6.92 Å². The highest BCUT2D eigenvalue weighted by Gasteiger charge is 2.34. The third-order valence-electron chi connectivity index (χ3n) is 2.13. The Bertz CT molecular complexity index is 493. The summed E-state index contributed by atoms with van der Waals surface area (Å²) >= 11 is 3.02. The van der Waals surface area contributed by atoms with Gasteiger partial charge in [0.15, 0.2) is 17.2 Å². The van der Waals surface area contributed by atoms with Crippen molar-refractivity contribution in [1.82, 2.24) is 4.98 Å². The van der Waals surface area contributed by atoms with Crippen LogP contribution in [0.5, 0.6) is 11.5 Å². The van der Waals surface area contributed by atoms with Crippen LogP contribution < -0.4 is 9.47 Å². The predicted octanol–water partition coefficient (Wildman–Crippen LogP) is 3.06. The van der Waals surface area contributed by atoms with Crippen molar-refractivity contribution in [3.63, 3.8) is 0 Å². The summed E-state index contributed by atoms with van der Waals surface area (Å²) in [5.41, 5.74) is -0.193. The third kappa shape index (κ3) is 3.99. The Kier molecular flexibility index (Phi) is 5.61. The van der Waals surface area contributed by atoms with Crippen LogP contribution in [0.4, 0.5) is 13.2 Å². The van der Waals surface area contributed by atoms with Crippen molar-refractivity contribution in [3.05, 3.63) is 17.5 Å². The standard InChI is InChI=1S/C11H11BrF3NO4/c1-3-19-10(17)8-9(18-2)6(4-12)7(5-16-8)20-11(13,14)15/h5H,3-4H2,1-2H3. The second kappa shape index (κ2) is 6.78. The number of alkyl halides is 4. The molecule has 5 nitrogen and oxygen atoms in total. The quantitative estimate of drug-likeness (QED) is 0.598. The van der Waals surface area contributed by atoms with Crippen molar-refractivity contribution < 1.29 is 32.2 Å². The topological polar surface area (TPSA) is 57.7 Å². The molecule has 1 aromatic heterocycles. The molecule has 0 fully saturated rings. The molecule has 0 aromatic carbocycles. The smallest absolute Gasteiger partial charge is 0.494 e. The largest absolute Gasteiger partial charge is 0.573 e. The molecule has 0 atom stereocenters. The van der Waals surface area contributed by atoms with E-state index >= 15 is 0 Å². The molecule has 0 saturated heterocycles. The number of hydrogen-bond acceptors (Lipinski definition) is 5. The van der Waals surface area contributed by atoms with Gasteiger partial charge in [-0.25, -0.2) is 9.78 Å². The molecule has 0 amide bonds. The SMILES string of the molecule is CCOC(=O)c1ncc(OC(F)(F)F)c(CBr)c1OC. The van der Waals surface area contributed by atoms with Crippen LogP contribution >= 0.6 is 15.9 Å². The Labute approximate surface area is 121 Å². The summed E-state index contributed by atoms with van der Waals surface area (Å²) in [7, 11) is 1.21. The van der Waals surface area contributed by atoms with E-state index in [9.17, 15) is 18.0 Å². The van der Waals surface area contributed by atoms with E-state index in [4.69, 9.17) is 9.47 Å². The number of carbonyl (C=O) groups is 1. The number of rotatable bonds is 5. The summed E-state index contributed by atoms with van der Waals surface area (Å²) in [4.78, 5) is 15.3. The Morgan fingerprint density at radius 1 is 1.45 bits per heavy atom. The van der Waals surface area contributed by atoms with Crippen molar-refractivity contribution in [2.75, 3.05) is 13.7 Å². The fourth-order valence-corrected chi connectivity index (χ4v) is 1.95. The molecule has 0 bridgehead atoms. The van der Waals surface area contributed by atoms with Gasteiger partial charge >= 0.3 is 12.3 Å². The van der Waals surface area contributed by atoms with E-state index < -0.39 is 18.1 Å². The molecule has 0 radical (unpaired) electrons. The Hall–Kier alpha value is -1.51. The lowest BCUT2D eigenvalue weighted by Crippen LogP contribution is -2.19. The molecule has 0 aliphatic carbocycles. The highest BCUT2D eigenvalue weighted by atomic mass is 79.9. The van der Waals surface area contributed by atoms with Gasteiger partial charge in [-0.15, -0.1) is 13.2 Å². The number of nitrogens with zero attached hydrogens (tertiary/aromatic N) is 1. The second-order valence-electron chi connectivity index (χ2n) is 3.38. The number of carbonyl (C=O) groups excluding carboxylic acids is 1. The van der Waals surface area contributed by atoms with E-state index in [-0.39, 0.29) is 28.9 Å². The van der Waals surface area contributed by atoms with Crippen molar-refractivity contribution in [2.45, 2.75) is 18.6 Å². The summed E-state index contributed by atoms with van der Waals surface area (Å²) in [6.45, 7) is 1.70. The van der Waals surface area contributed by atoms with Gasteiger partial charge in [0.25, 0.3) is 0 Å². The maximum absolute atomic E-state index is 12.3. The molecule has 0 unspecified atom stereocenters. The van der Waals surface area contributed by atoms with E-state index in [2.05, 4.69) is 25.7 Å². The summed E-state index contributed by atoms with van der Waals surface area (Å²) in [5, 5.41) is -0.0173. The molecule has 0 aliphatic rings. The molecule has 0 N–H and O–H groups in total. The molecule has 1 heterocycles. The minimum absolute atomic E-state index is 0.0166. The van der Waals surface area contributed by atoms with Gasteiger partial charge in [-0.05, 0) is 6.92 Å². The number of esters is 1. The molecular formula is C11H11BrF3NO4. The average molecular weight is 358 g/mol. The molecule has 20 heavy (non-hydrogen) atoms. The molecule has 9 heteroatoms. The van der Waals surface area contributed by atoms with Crippen LogP contribution in [-0.2, 0) is 10.1 Å². The van der Waals surface area contributed by atoms with Crippen molar-refractivity contribution >= 4 is 21.9 Å². The van der Waals surface area contributed by atoms with Crippen LogP contribution in [0, 0.1) is 0 Å². The summed E-state index contributed by atoms with van der Waals surface area (Å²) < 4.78 is 50.4. The van der Waals surface area contributed by atoms with Crippen LogP contribution in [0.3, 0.4) is 0 Å². The highest BCUT2D eigenvalue weighted by molar-refractivity contribution is 9.08. The van der Waals surface area contributed by atoms with Gasteiger partial charge in [0.2, 0.25) is 0 Å². The fourth-order valence-electron chi connectivity index (χ4n) is 1.42. The number of halogens is 4. The van der Waals surface area contributed by atoms with Gasteiger partial charge in [0.05, 0.1) is 25.5 Å². The van der Waals surface area contributed by atoms with Gasteiger partial charge in [-0.3, -0.25) is 0 Å². The Morgan fingerprint density at radius 3 is 2.55 bits per heavy atom. The van der Waals surface area contributed by atoms with E-state index in [1.165, 1.54) is 7.11 Å². The van der Waals surface area contributed by atoms with Crippen molar-refractivity contribution in [1.29, 1.82) is 0 Å². The van der Waals surface area contributed by atoms with Gasteiger partial charge in [0, 0.05) is 5.33 Å². The minimum Gasteiger partial charge on any atom is -0.494 e. The zero-order chi connectivity index (χ0) is 15.3. The maximum Gasteiger partial charge on any atom is 0.573 e. The molecule has 0 spiro atoms. The number of ether oxygens (including phenoxy) is 3. The number of pyridine rings is 1. The van der Waals surface area contributed by atoms with Crippen LogP contribution in [-0.4, -0.2) is 31.0 Å². The molecule has 112 valence electrons. The van der Waals surface area contributed by atoms with E-state index in [1.807, 2.05) is 0 Å². The summed E-state index contributed by atoms with van der Waals surface area (Å²) in [5.74, 6) is -1.45. The Balaban J connectivity index is 3.29. The number of methoxy groups -OCH3 is 1. The number of hydrogen-bond donors (Lipinski definition) is 0. The molecule has 0 saturated carbocycles. The van der Waals surface area contributed by atoms with Crippen LogP contribution in [0.25, 0.3) is 0 Å². The first kappa shape index (κ1) is 16.5. The molecule has 1 aromatic rings. The van der Waals surface area contributed by atoms with Crippen LogP contribution in [0.1, 0.15) is 23.0 Å². The van der Waals surface area contributed by atoms with E-state index in [0.717, 1.165) is 6.20 Å². The minimum atomic E-state index is -4.87. The lowest BCUT2D eigenvalue weighted by Gasteiger charge is -2.16. The zero-order valence-electron chi connectivity index (χ0n) is 10.6. The van der Waals surface area contributed by atoms with Gasteiger partial charge in [-0.1, -0.05) is 15.9 Å². The van der Waals surface area contributed by atoms with Gasteiger partial charge < -0.3 is 14.2 Å². The fraction of sp³-hybridized carbons (Fsp3) is 0.455. The van der Waals surface area contributed by atoms with E-state index in [0.29, 0.717) is 0 Å². The Morgan fingerprint density at radius 2 is 2.10 bits per heavy atom. The molecular weight excluding hydrogens is 347 g/mol. The molecule has 1 rings (SSSR count). The van der Waals surface area contributed by atoms with Crippen LogP contribution in [0.2, 0.25) is 0 Å². The summed E-state index contributed by atoms with van der Waals surface area (Å²) in [6, 6.07) is 0. The normalized spacial score (nSPS) is 11.1. The first-order valence-electron chi connectivity index (χ1n) is 5.38. The van der Waals surface area contributed by atoms with Gasteiger partial charge in [0.1, 0.15) is 0 Å². The average Bonchev–Trinajstić information content (AvgIpc) is 2.36. The highest BCUT2D eigenvalue weighted by Crippen LogP contribution is 2.35. The second-order valence-corrected chi connectivity index (χ2v) is 3.95. The van der Waals surface area contributed by atoms with Crippen molar-refractivity contribution in [3.8, 4) is 11.5 Å². The zero-order valence-corrected chi connectivity index (χ0v) is 12.2. The lowest BCUT2D eigenvalue weighted by molar-refractivity contribution is -0.275. The predicted molar refractivity (Wildman–Crippen MR) is 66.1 cm³/mol. The lowest BCUT2D eigenvalue weighted by atomic mass is 10.2. The molecule has 0 aliphatic heterocycles. The first-order chi connectivity index (χ1) is 9.34. The van der Waals surface area contributed by atoms with Gasteiger partial charge in [-0.2, -0.15) is 0 Å². The first-order valence-corrected chi connectivity index (χ1v) is 6.50. The van der Waals surface area contributed by atoms with Crippen LogP contribution in [0.15, 0.2) is 6.20 Å². The number of aromatic nitrogens is 1. The summed E-state index contributed by atoms with van der Waals surface area (Å²) in [6.07, 6.45) is -4.06. The monoisotopic (exact) mass is 357 g/mol. The van der Waals surface area contributed by atoms with Crippen molar-refractivity contribution in [2.24, 2.45) is 0 Å². The third-order valence-corrected chi connectivity index (χ3v) is 2.69.